The normalized spacial score (nSPS) is 28.1. The molecule has 1 aliphatic carbocycles. The van der Waals surface area contributed by atoms with E-state index in [1.807, 2.05) is 7.05 Å². The molecule has 0 spiro atoms. The third kappa shape index (κ3) is 2.60. The van der Waals surface area contributed by atoms with Gasteiger partial charge in [0.2, 0.25) is 5.91 Å². The van der Waals surface area contributed by atoms with Crippen LogP contribution in [0.15, 0.2) is 0 Å². The number of hydrogen-bond donors (Lipinski definition) is 1. The number of carbonyl (C=O) groups excluding carboxylic acids is 1. The zero-order valence-corrected chi connectivity index (χ0v) is 12.9. The molecule has 1 N–H and O–H groups in total. The minimum Gasteiger partial charge on any atom is -0.341 e. The molecule has 3 aliphatic rings. The molecule has 3 rings (SSSR count). The monoisotopic (exact) mass is 279 g/mol. The highest BCUT2D eigenvalue weighted by atomic mass is 16.2. The summed E-state index contributed by atoms with van der Waals surface area (Å²) in [5, 5.41) is 3.34. The molecule has 0 unspecified atom stereocenters. The van der Waals surface area contributed by atoms with Gasteiger partial charge >= 0.3 is 0 Å². The third-order valence-electron chi connectivity index (χ3n) is 5.75. The number of nitrogens with zero attached hydrogens (tertiary/aromatic N) is 2. The lowest BCUT2D eigenvalue weighted by atomic mass is 9.93. The lowest BCUT2D eigenvalue weighted by Gasteiger charge is -2.40. The van der Waals surface area contributed by atoms with Gasteiger partial charge in [0, 0.05) is 19.1 Å². The Morgan fingerprint density at radius 2 is 1.60 bits per heavy atom. The summed E-state index contributed by atoms with van der Waals surface area (Å²) in [7, 11) is 1.96. The fourth-order valence-corrected chi connectivity index (χ4v) is 4.39. The van der Waals surface area contributed by atoms with Crippen molar-refractivity contribution in [2.45, 2.75) is 62.9 Å². The van der Waals surface area contributed by atoms with E-state index in [9.17, 15) is 4.79 Å². The van der Waals surface area contributed by atoms with Crippen LogP contribution >= 0.6 is 0 Å². The molecule has 4 nitrogen and oxygen atoms in total. The van der Waals surface area contributed by atoms with Crippen LogP contribution in [0.5, 0.6) is 0 Å². The van der Waals surface area contributed by atoms with E-state index in [4.69, 9.17) is 0 Å². The Labute approximate surface area is 122 Å². The molecule has 2 heterocycles. The number of hydrogen-bond acceptors (Lipinski definition) is 3. The predicted molar refractivity (Wildman–Crippen MR) is 80.7 cm³/mol. The number of rotatable bonds is 3. The van der Waals surface area contributed by atoms with Gasteiger partial charge in [0.25, 0.3) is 0 Å². The first-order chi connectivity index (χ1) is 9.75. The van der Waals surface area contributed by atoms with Gasteiger partial charge in [-0.25, -0.2) is 0 Å². The standard InChI is InChI=1S/C16H29N3O/c1-17-16(8-2-3-9-16)15(20)19-12-6-14(7-13-19)18-10-4-5-11-18/h14,17H,2-13H2,1H3. The van der Waals surface area contributed by atoms with Crippen molar-refractivity contribution in [1.29, 1.82) is 0 Å². The fraction of sp³-hybridized carbons (Fsp3) is 0.938. The summed E-state index contributed by atoms with van der Waals surface area (Å²) in [6, 6.07) is 0.732. The van der Waals surface area contributed by atoms with Crippen LogP contribution < -0.4 is 5.32 Å². The van der Waals surface area contributed by atoms with Gasteiger partial charge in [0.1, 0.15) is 0 Å². The summed E-state index contributed by atoms with van der Waals surface area (Å²) in [4.78, 5) is 17.6. The van der Waals surface area contributed by atoms with Crippen LogP contribution in [0.2, 0.25) is 0 Å². The topological polar surface area (TPSA) is 35.6 Å². The summed E-state index contributed by atoms with van der Waals surface area (Å²) in [6.45, 7) is 4.48. The first-order valence-corrected chi connectivity index (χ1v) is 8.47. The molecule has 0 radical (unpaired) electrons. The van der Waals surface area contributed by atoms with Gasteiger partial charge in [0.15, 0.2) is 0 Å². The molecule has 0 atom stereocenters. The van der Waals surface area contributed by atoms with Crippen molar-refractivity contribution in [3.8, 4) is 0 Å². The highest BCUT2D eigenvalue weighted by molar-refractivity contribution is 5.86. The molecule has 0 aromatic heterocycles. The SMILES string of the molecule is CNC1(C(=O)N2CCC(N3CCCC3)CC2)CCCC1. The highest BCUT2D eigenvalue weighted by Crippen LogP contribution is 2.32. The van der Waals surface area contributed by atoms with Crippen LogP contribution in [0.1, 0.15) is 51.4 Å². The second kappa shape index (κ2) is 6.02. The van der Waals surface area contributed by atoms with Gasteiger partial charge in [-0.1, -0.05) is 12.8 Å². The van der Waals surface area contributed by atoms with Gasteiger partial charge in [-0.2, -0.15) is 0 Å². The van der Waals surface area contributed by atoms with E-state index in [2.05, 4.69) is 15.1 Å². The Kier molecular flexibility index (Phi) is 4.32. The van der Waals surface area contributed by atoms with Crippen LogP contribution in [-0.2, 0) is 4.79 Å². The lowest BCUT2D eigenvalue weighted by molar-refractivity contribution is -0.139. The lowest BCUT2D eigenvalue weighted by Crippen LogP contribution is -2.57. The Hall–Kier alpha value is -0.610. The first-order valence-electron chi connectivity index (χ1n) is 8.47. The van der Waals surface area contributed by atoms with E-state index in [0.717, 1.165) is 32.0 Å². The van der Waals surface area contributed by atoms with E-state index < -0.39 is 0 Å². The highest BCUT2D eigenvalue weighted by Gasteiger charge is 2.43. The summed E-state index contributed by atoms with van der Waals surface area (Å²) in [5.74, 6) is 0.373. The molecule has 3 fully saturated rings. The Balaban J connectivity index is 1.56. The number of amides is 1. The summed E-state index contributed by atoms with van der Waals surface area (Å²) in [5.41, 5.74) is -0.236. The average Bonchev–Trinajstić information content (AvgIpc) is 3.18. The van der Waals surface area contributed by atoms with Crippen molar-refractivity contribution in [1.82, 2.24) is 15.1 Å². The molecule has 20 heavy (non-hydrogen) atoms. The van der Waals surface area contributed by atoms with Crippen molar-refractivity contribution in [2.75, 3.05) is 33.2 Å². The van der Waals surface area contributed by atoms with Gasteiger partial charge in [0.05, 0.1) is 5.54 Å². The molecule has 1 amide bonds. The molecule has 114 valence electrons. The average molecular weight is 279 g/mol. The van der Waals surface area contributed by atoms with E-state index in [0.29, 0.717) is 5.91 Å². The van der Waals surface area contributed by atoms with Crippen LogP contribution in [0, 0.1) is 0 Å². The third-order valence-corrected chi connectivity index (χ3v) is 5.75. The maximum absolute atomic E-state index is 12.8. The zero-order chi connectivity index (χ0) is 14.0. The zero-order valence-electron chi connectivity index (χ0n) is 12.9. The molecule has 2 aliphatic heterocycles. The summed E-state index contributed by atoms with van der Waals surface area (Å²) >= 11 is 0. The number of piperidine rings is 1. The van der Waals surface area contributed by atoms with Crippen molar-refractivity contribution in [3.63, 3.8) is 0 Å². The van der Waals surface area contributed by atoms with E-state index in [1.165, 1.54) is 51.6 Å². The first kappa shape index (κ1) is 14.3. The molecule has 0 aromatic carbocycles. The van der Waals surface area contributed by atoms with Crippen molar-refractivity contribution < 1.29 is 4.79 Å². The smallest absolute Gasteiger partial charge is 0.242 e. The number of carbonyl (C=O) groups is 1. The molecular formula is C16H29N3O. The van der Waals surface area contributed by atoms with Crippen molar-refractivity contribution in [3.05, 3.63) is 0 Å². The van der Waals surface area contributed by atoms with E-state index >= 15 is 0 Å². The minimum atomic E-state index is -0.236. The second-order valence-electron chi connectivity index (χ2n) is 6.81. The molecule has 2 saturated heterocycles. The molecule has 0 aromatic rings. The summed E-state index contributed by atoms with van der Waals surface area (Å²) in [6.07, 6.45) is 9.50. The van der Waals surface area contributed by atoms with Crippen LogP contribution in [-0.4, -0.2) is 60.5 Å². The van der Waals surface area contributed by atoms with Gasteiger partial charge in [-0.15, -0.1) is 0 Å². The van der Waals surface area contributed by atoms with Crippen molar-refractivity contribution >= 4 is 5.91 Å². The van der Waals surface area contributed by atoms with Crippen LogP contribution in [0.25, 0.3) is 0 Å². The maximum Gasteiger partial charge on any atom is 0.242 e. The second-order valence-corrected chi connectivity index (χ2v) is 6.81. The predicted octanol–water partition coefficient (Wildman–Crippen LogP) is 1.61. The van der Waals surface area contributed by atoms with E-state index in [-0.39, 0.29) is 5.54 Å². The van der Waals surface area contributed by atoms with Gasteiger partial charge in [-0.3, -0.25) is 4.79 Å². The quantitative estimate of drug-likeness (QED) is 0.852. The van der Waals surface area contributed by atoms with Gasteiger partial charge in [-0.05, 0) is 58.7 Å². The van der Waals surface area contributed by atoms with Crippen molar-refractivity contribution in [2.24, 2.45) is 0 Å². The fourth-order valence-electron chi connectivity index (χ4n) is 4.39. The largest absolute Gasteiger partial charge is 0.341 e. The van der Waals surface area contributed by atoms with Crippen LogP contribution in [0.3, 0.4) is 0 Å². The number of nitrogens with one attached hydrogen (secondary N) is 1. The van der Waals surface area contributed by atoms with Crippen LogP contribution in [0.4, 0.5) is 0 Å². The minimum absolute atomic E-state index is 0.236. The Morgan fingerprint density at radius 3 is 2.15 bits per heavy atom. The molecular weight excluding hydrogens is 250 g/mol. The Bertz CT molecular complexity index is 338. The van der Waals surface area contributed by atoms with E-state index in [1.54, 1.807) is 0 Å². The number of likely N-dealkylation sites (tertiary alicyclic amines) is 2. The number of likely N-dealkylation sites (N-methyl/N-ethyl adjacent to an activating group) is 1. The maximum atomic E-state index is 12.8. The summed E-state index contributed by atoms with van der Waals surface area (Å²) < 4.78 is 0. The van der Waals surface area contributed by atoms with Gasteiger partial charge < -0.3 is 15.1 Å². The Morgan fingerprint density at radius 1 is 1.00 bits per heavy atom. The molecule has 0 bridgehead atoms. The molecule has 4 heteroatoms. The molecule has 1 saturated carbocycles.